The van der Waals surface area contributed by atoms with Gasteiger partial charge in [0.15, 0.2) is 5.65 Å². The molecular weight excluding hydrogens is 489 g/mol. The summed E-state index contributed by atoms with van der Waals surface area (Å²) in [4.78, 5) is 25.7. The number of methoxy groups -OCH3 is 2. The van der Waals surface area contributed by atoms with Crippen LogP contribution in [0.5, 0.6) is 5.75 Å². The number of nitrogens with one attached hydrogen (secondary N) is 3. The van der Waals surface area contributed by atoms with E-state index in [1.807, 2.05) is 41.8 Å². The molecule has 5 rings (SSSR count). The largest absolute Gasteiger partial charge is 0.497 e. The number of fused-ring (bicyclic) bond motifs is 1. The number of halogens is 1. The molecule has 0 saturated heterocycles. The number of amides is 1. The molecule has 1 unspecified atom stereocenters. The summed E-state index contributed by atoms with van der Waals surface area (Å²) >= 11 is 0. The molecule has 2 aliphatic rings. The standard InChI is InChI=1S/C27H32FN7O3/c1-16-4-13-21(28)22(14-16)32-26-33-23-15-29-25(30-17-7-11-20(37-2)12-8-17)34-24(23)35(26)19-9-5-18(6-10-19)31-27(36)38-3/h7-8,11-16,18-19H,4-6,9-10H2,1-3H3,(H,31,36)(H,32,33)(H,29,30,34)/t16?,18-,19-. The number of rotatable bonds is 7. The first-order valence-corrected chi connectivity index (χ1v) is 12.8. The predicted octanol–water partition coefficient (Wildman–Crippen LogP) is 5.61. The van der Waals surface area contributed by atoms with Gasteiger partial charge in [0, 0.05) is 17.8 Å². The van der Waals surface area contributed by atoms with Crippen molar-refractivity contribution in [1.82, 2.24) is 24.8 Å². The molecule has 38 heavy (non-hydrogen) atoms. The number of nitrogens with zero attached hydrogens (tertiary/aromatic N) is 4. The van der Waals surface area contributed by atoms with Gasteiger partial charge in [-0.05, 0) is 68.4 Å². The molecule has 1 atom stereocenters. The van der Waals surface area contributed by atoms with Crippen LogP contribution in [0.3, 0.4) is 0 Å². The Morgan fingerprint density at radius 3 is 2.55 bits per heavy atom. The Hall–Kier alpha value is -4.15. The van der Waals surface area contributed by atoms with Crippen molar-refractivity contribution in [2.75, 3.05) is 24.9 Å². The number of benzene rings is 1. The molecule has 0 aliphatic heterocycles. The zero-order chi connectivity index (χ0) is 26.6. The molecule has 1 aromatic carbocycles. The minimum atomic E-state index is -0.425. The van der Waals surface area contributed by atoms with Gasteiger partial charge in [-0.15, -0.1) is 0 Å². The van der Waals surface area contributed by atoms with Crippen LogP contribution >= 0.6 is 0 Å². The number of hydrogen-bond donors (Lipinski definition) is 3. The zero-order valence-corrected chi connectivity index (χ0v) is 21.7. The van der Waals surface area contributed by atoms with E-state index in [1.165, 1.54) is 7.11 Å². The summed E-state index contributed by atoms with van der Waals surface area (Å²) in [7, 11) is 2.99. The second-order valence-corrected chi connectivity index (χ2v) is 9.67. The Balaban J connectivity index is 1.46. The number of alkyl carbamates (subject to hydrolysis) is 1. The lowest BCUT2D eigenvalue weighted by molar-refractivity contribution is 0.161. The van der Waals surface area contributed by atoms with Crippen molar-refractivity contribution in [2.24, 2.45) is 5.92 Å². The highest BCUT2D eigenvalue weighted by molar-refractivity contribution is 5.76. The van der Waals surface area contributed by atoms with E-state index in [1.54, 1.807) is 19.4 Å². The van der Waals surface area contributed by atoms with E-state index in [4.69, 9.17) is 19.4 Å². The van der Waals surface area contributed by atoms with Crippen LogP contribution in [0.1, 0.15) is 45.1 Å². The lowest BCUT2D eigenvalue weighted by Gasteiger charge is -2.30. The fraction of sp³-hybridized carbons (Fsp3) is 0.407. The summed E-state index contributed by atoms with van der Waals surface area (Å²) in [6, 6.07) is 7.57. The lowest BCUT2D eigenvalue weighted by atomic mass is 9.91. The fourth-order valence-electron chi connectivity index (χ4n) is 4.95. The molecule has 0 spiro atoms. The van der Waals surface area contributed by atoms with Crippen LogP contribution in [0.2, 0.25) is 0 Å². The van der Waals surface area contributed by atoms with Gasteiger partial charge < -0.3 is 25.4 Å². The van der Waals surface area contributed by atoms with Gasteiger partial charge in [-0.3, -0.25) is 4.57 Å². The van der Waals surface area contributed by atoms with Crippen LogP contribution in [-0.2, 0) is 4.74 Å². The summed E-state index contributed by atoms with van der Waals surface area (Å²) in [5.74, 6) is 1.62. The predicted molar refractivity (Wildman–Crippen MR) is 143 cm³/mol. The molecule has 1 fully saturated rings. The third-order valence-corrected chi connectivity index (χ3v) is 6.97. The topological polar surface area (TPSA) is 115 Å². The third-order valence-electron chi connectivity index (χ3n) is 6.97. The van der Waals surface area contributed by atoms with Gasteiger partial charge in [-0.1, -0.05) is 13.0 Å². The number of carbonyl (C=O) groups excluding carboxylic acids is 1. The van der Waals surface area contributed by atoms with E-state index in [9.17, 15) is 9.18 Å². The molecule has 11 heteroatoms. The van der Waals surface area contributed by atoms with Gasteiger partial charge in [-0.2, -0.15) is 4.98 Å². The second-order valence-electron chi connectivity index (χ2n) is 9.67. The van der Waals surface area contributed by atoms with Gasteiger partial charge in [0.05, 0.1) is 26.1 Å². The molecular formula is C27H32FN7O3. The van der Waals surface area contributed by atoms with E-state index in [-0.39, 0.29) is 23.8 Å². The number of aromatic nitrogens is 4. The highest BCUT2D eigenvalue weighted by Gasteiger charge is 2.28. The van der Waals surface area contributed by atoms with E-state index in [0.29, 0.717) is 35.2 Å². The van der Waals surface area contributed by atoms with Gasteiger partial charge in [-0.25, -0.2) is 19.2 Å². The van der Waals surface area contributed by atoms with Gasteiger partial charge in [0.25, 0.3) is 0 Å². The Morgan fingerprint density at radius 2 is 1.84 bits per heavy atom. The van der Waals surface area contributed by atoms with Crippen LogP contribution in [0.15, 0.2) is 54.1 Å². The van der Waals surface area contributed by atoms with E-state index in [0.717, 1.165) is 37.1 Å². The van der Waals surface area contributed by atoms with Gasteiger partial charge in [0.1, 0.15) is 17.1 Å². The van der Waals surface area contributed by atoms with Crippen LogP contribution in [0.4, 0.5) is 26.8 Å². The van der Waals surface area contributed by atoms with Crippen molar-refractivity contribution >= 4 is 34.8 Å². The molecule has 2 aliphatic carbocycles. The number of anilines is 3. The molecule has 200 valence electrons. The van der Waals surface area contributed by atoms with Crippen LogP contribution in [0, 0.1) is 5.92 Å². The molecule has 10 nitrogen and oxygen atoms in total. The highest BCUT2D eigenvalue weighted by Crippen LogP contribution is 2.36. The van der Waals surface area contributed by atoms with Crippen LogP contribution in [0.25, 0.3) is 11.2 Å². The number of allylic oxidation sites excluding steroid dienone is 3. The molecule has 2 aromatic heterocycles. The number of ether oxygens (including phenoxy) is 2. The monoisotopic (exact) mass is 521 g/mol. The number of imidazole rings is 1. The number of carbonyl (C=O) groups is 1. The first-order chi connectivity index (χ1) is 18.4. The van der Waals surface area contributed by atoms with E-state index in [2.05, 4.69) is 20.9 Å². The van der Waals surface area contributed by atoms with Crippen molar-refractivity contribution in [3.63, 3.8) is 0 Å². The van der Waals surface area contributed by atoms with Gasteiger partial charge >= 0.3 is 6.09 Å². The summed E-state index contributed by atoms with van der Waals surface area (Å²) in [6.45, 7) is 2.05. The van der Waals surface area contributed by atoms with Crippen molar-refractivity contribution in [3.8, 4) is 5.75 Å². The molecule has 0 bridgehead atoms. The third kappa shape index (κ3) is 5.56. The summed E-state index contributed by atoms with van der Waals surface area (Å²) in [6.07, 6.45) is 8.51. The van der Waals surface area contributed by atoms with Crippen molar-refractivity contribution in [1.29, 1.82) is 0 Å². The van der Waals surface area contributed by atoms with Crippen LogP contribution in [-0.4, -0.2) is 45.9 Å². The maximum Gasteiger partial charge on any atom is 0.407 e. The Labute approximate surface area is 220 Å². The Morgan fingerprint density at radius 1 is 1.08 bits per heavy atom. The maximum atomic E-state index is 14.7. The smallest absolute Gasteiger partial charge is 0.407 e. The van der Waals surface area contributed by atoms with Gasteiger partial charge in [0.2, 0.25) is 11.9 Å². The normalized spacial score (nSPS) is 21.3. The maximum absolute atomic E-state index is 14.7. The fourth-order valence-corrected chi connectivity index (χ4v) is 4.95. The van der Waals surface area contributed by atoms with Crippen molar-refractivity contribution in [3.05, 3.63) is 54.1 Å². The van der Waals surface area contributed by atoms with Crippen molar-refractivity contribution < 1.29 is 18.7 Å². The lowest BCUT2D eigenvalue weighted by Crippen LogP contribution is -2.38. The Kier molecular flexibility index (Phi) is 7.43. The Bertz CT molecular complexity index is 1360. The van der Waals surface area contributed by atoms with Crippen molar-refractivity contribution in [2.45, 2.75) is 51.1 Å². The molecule has 3 N–H and O–H groups in total. The van der Waals surface area contributed by atoms with E-state index >= 15 is 0 Å². The minimum Gasteiger partial charge on any atom is -0.497 e. The average Bonchev–Trinajstić information content (AvgIpc) is 3.28. The highest BCUT2D eigenvalue weighted by atomic mass is 19.1. The number of hydrogen-bond acceptors (Lipinski definition) is 8. The SMILES string of the molecule is COC(=O)N[C@H]1CC[C@H](n2c(NC3=CC(C)CC=C3F)nc3cnc(Nc4ccc(OC)cc4)nc32)CC1. The molecule has 2 heterocycles. The van der Waals surface area contributed by atoms with Crippen LogP contribution < -0.4 is 20.7 Å². The first kappa shape index (κ1) is 25.5. The average molecular weight is 522 g/mol. The zero-order valence-electron chi connectivity index (χ0n) is 21.7. The quantitative estimate of drug-likeness (QED) is 0.368. The minimum absolute atomic E-state index is 0.0362. The molecule has 1 amide bonds. The summed E-state index contributed by atoms with van der Waals surface area (Å²) in [5.41, 5.74) is 2.48. The first-order valence-electron chi connectivity index (χ1n) is 12.8. The molecule has 0 radical (unpaired) electrons. The summed E-state index contributed by atoms with van der Waals surface area (Å²) in [5, 5.41) is 9.36. The second kappa shape index (κ2) is 11.1. The summed E-state index contributed by atoms with van der Waals surface area (Å²) < 4.78 is 26.7. The molecule has 3 aromatic rings. The molecule has 1 saturated carbocycles. The van der Waals surface area contributed by atoms with E-state index < -0.39 is 6.09 Å².